The van der Waals surface area contributed by atoms with Gasteiger partial charge in [0, 0.05) is 6.04 Å². The van der Waals surface area contributed by atoms with Crippen molar-refractivity contribution in [3.05, 3.63) is 29.8 Å². The van der Waals surface area contributed by atoms with Gasteiger partial charge < -0.3 is 15.2 Å². The predicted molar refractivity (Wildman–Crippen MR) is 70.4 cm³/mol. The first-order valence-corrected chi connectivity index (χ1v) is 5.93. The lowest BCUT2D eigenvalue weighted by Gasteiger charge is -2.21. The van der Waals surface area contributed by atoms with Crippen LogP contribution in [0.2, 0.25) is 0 Å². The molecule has 0 fully saturated rings. The van der Waals surface area contributed by atoms with Gasteiger partial charge in [0.05, 0.1) is 13.5 Å². The van der Waals surface area contributed by atoms with Crippen LogP contribution in [0.25, 0.3) is 0 Å². The summed E-state index contributed by atoms with van der Waals surface area (Å²) in [6.07, 6.45) is 0.170. The zero-order valence-corrected chi connectivity index (χ0v) is 11.4. The average molecular weight is 251 g/mol. The van der Waals surface area contributed by atoms with Crippen molar-refractivity contribution in [1.82, 2.24) is 0 Å². The van der Waals surface area contributed by atoms with Gasteiger partial charge >= 0.3 is 5.97 Å². The quantitative estimate of drug-likeness (QED) is 0.835. The number of carbonyl (C=O) groups is 1. The van der Waals surface area contributed by atoms with Crippen LogP contribution in [-0.2, 0) is 9.53 Å². The summed E-state index contributed by atoms with van der Waals surface area (Å²) >= 11 is 0. The molecule has 4 nitrogen and oxygen atoms in total. The minimum Gasteiger partial charge on any atom is -0.497 e. The largest absolute Gasteiger partial charge is 0.497 e. The number of benzene rings is 1. The maximum Gasteiger partial charge on any atom is 0.308 e. The van der Waals surface area contributed by atoms with Crippen molar-refractivity contribution in [3.63, 3.8) is 0 Å². The Labute approximate surface area is 108 Å². The molecule has 0 aliphatic carbocycles. The smallest absolute Gasteiger partial charge is 0.308 e. The fourth-order valence-electron chi connectivity index (χ4n) is 1.53. The number of ether oxygens (including phenoxy) is 2. The van der Waals surface area contributed by atoms with E-state index in [0.717, 1.165) is 11.3 Å². The molecule has 2 N–H and O–H groups in total. The van der Waals surface area contributed by atoms with Gasteiger partial charge in [-0.2, -0.15) is 0 Å². The molecule has 100 valence electrons. The van der Waals surface area contributed by atoms with Gasteiger partial charge in [0.25, 0.3) is 0 Å². The highest BCUT2D eigenvalue weighted by Crippen LogP contribution is 2.19. The summed E-state index contributed by atoms with van der Waals surface area (Å²) in [7, 11) is 1.61. The molecule has 1 aromatic rings. The lowest BCUT2D eigenvalue weighted by molar-refractivity contribution is -0.155. The molecule has 0 bridgehead atoms. The first kappa shape index (κ1) is 14.5. The minimum absolute atomic E-state index is 0.170. The van der Waals surface area contributed by atoms with Crippen molar-refractivity contribution >= 4 is 5.97 Å². The van der Waals surface area contributed by atoms with E-state index < -0.39 is 5.60 Å². The third-order valence-corrected chi connectivity index (χ3v) is 2.35. The van der Waals surface area contributed by atoms with Crippen LogP contribution in [-0.4, -0.2) is 18.7 Å². The van der Waals surface area contributed by atoms with E-state index in [-0.39, 0.29) is 18.4 Å². The molecular weight excluding hydrogens is 230 g/mol. The highest BCUT2D eigenvalue weighted by atomic mass is 16.6. The topological polar surface area (TPSA) is 61.5 Å². The van der Waals surface area contributed by atoms with Gasteiger partial charge in [0.15, 0.2) is 0 Å². The molecule has 0 aliphatic heterocycles. The molecule has 1 atom stereocenters. The highest BCUT2D eigenvalue weighted by molar-refractivity contribution is 5.70. The van der Waals surface area contributed by atoms with E-state index in [2.05, 4.69) is 0 Å². The van der Waals surface area contributed by atoms with E-state index in [1.807, 2.05) is 45.0 Å². The Kier molecular flexibility index (Phi) is 4.73. The van der Waals surface area contributed by atoms with Crippen molar-refractivity contribution in [2.45, 2.75) is 38.8 Å². The average Bonchev–Trinajstić information content (AvgIpc) is 2.26. The van der Waals surface area contributed by atoms with Gasteiger partial charge in [0.1, 0.15) is 11.4 Å². The summed E-state index contributed by atoms with van der Waals surface area (Å²) in [6.45, 7) is 5.51. The predicted octanol–water partition coefficient (Wildman–Crippen LogP) is 2.43. The zero-order valence-electron chi connectivity index (χ0n) is 11.4. The summed E-state index contributed by atoms with van der Waals surface area (Å²) in [5.74, 6) is 0.481. The van der Waals surface area contributed by atoms with Crippen molar-refractivity contribution in [1.29, 1.82) is 0 Å². The molecule has 0 aromatic heterocycles. The van der Waals surface area contributed by atoms with Crippen LogP contribution < -0.4 is 10.5 Å². The van der Waals surface area contributed by atoms with Crippen LogP contribution in [0.15, 0.2) is 24.3 Å². The molecule has 0 amide bonds. The fourth-order valence-corrected chi connectivity index (χ4v) is 1.53. The monoisotopic (exact) mass is 251 g/mol. The molecule has 0 unspecified atom stereocenters. The van der Waals surface area contributed by atoms with Crippen molar-refractivity contribution in [2.75, 3.05) is 7.11 Å². The van der Waals surface area contributed by atoms with Crippen molar-refractivity contribution in [2.24, 2.45) is 5.73 Å². The summed E-state index contributed by atoms with van der Waals surface area (Å²) in [4.78, 5) is 11.6. The van der Waals surface area contributed by atoms with E-state index >= 15 is 0 Å². The van der Waals surface area contributed by atoms with Crippen LogP contribution in [0.1, 0.15) is 38.8 Å². The Morgan fingerprint density at radius 1 is 1.28 bits per heavy atom. The molecule has 0 aliphatic rings. The van der Waals surface area contributed by atoms with E-state index in [9.17, 15) is 4.79 Å². The van der Waals surface area contributed by atoms with Gasteiger partial charge in [-0.15, -0.1) is 0 Å². The number of carbonyl (C=O) groups excluding carboxylic acids is 1. The summed E-state index contributed by atoms with van der Waals surface area (Å²) in [5.41, 5.74) is 6.38. The normalized spacial score (nSPS) is 12.9. The second-order valence-electron chi connectivity index (χ2n) is 5.17. The molecule has 1 rings (SSSR count). The first-order chi connectivity index (χ1) is 8.31. The third kappa shape index (κ3) is 4.75. The Balaban J connectivity index is 2.59. The zero-order chi connectivity index (χ0) is 13.8. The summed E-state index contributed by atoms with van der Waals surface area (Å²) in [5, 5.41) is 0. The molecule has 4 heteroatoms. The third-order valence-electron chi connectivity index (χ3n) is 2.35. The lowest BCUT2D eigenvalue weighted by atomic mass is 10.0. The van der Waals surface area contributed by atoms with E-state index in [4.69, 9.17) is 15.2 Å². The lowest BCUT2D eigenvalue weighted by Crippen LogP contribution is -2.26. The van der Waals surface area contributed by atoms with Crippen LogP contribution >= 0.6 is 0 Å². The van der Waals surface area contributed by atoms with Crippen LogP contribution in [0.4, 0.5) is 0 Å². The van der Waals surface area contributed by atoms with Crippen LogP contribution in [0, 0.1) is 0 Å². The molecule has 0 heterocycles. The SMILES string of the molecule is COc1ccc([C@@H](N)CC(=O)OC(C)(C)C)cc1. The maximum absolute atomic E-state index is 11.6. The number of esters is 1. The molecular formula is C14H21NO3. The Bertz CT molecular complexity index is 392. The van der Waals surface area contributed by atoms with E-state index in [1.165, 1.54) is 0 Å². The van der Waals surface area contributed by atoms with Crippen LogP contribution in [0.5, 0.6) is 5.75 Å². The Morgan fingerprint density at radius 2 is 1.83 bits per heavy atom. The number of methoxy groups -OCH3 is 1. The number of rotatable bonds is 4. The van der Waals surface area contributed by atoms with Gasteiger partial charge in [0.2, 0.25) is 0 Å². The maximum atomic E-state index is 11.6. The van der Waals surface area contributed by atoms with Gasteiger partial charge in [-0.3, -0.25) is 4.79 Å². The molecule has 0 saturated carbocycles. The summed E-state index contributed by atoms with van der Waals surface area (Å²) in [6, 6.07) is 7.00. The second-order valence-corrected chi connectivity index (χ2v) is 5.17. The van der Waals surface area contributed by atoms with Crippen molar-refractivity contribution in [3.8, 4) is 5.75 Å². The Morgan fingerprint density at radius 3 is 2.28 bits per heavy atom. The number of hydrogen-bond acceptors (Lipinski definition) is 4. The van der Waals surface area contributed by atoms with Crippen molar-refractivity contribution < 1.29 is 14.3 Å². The number of hydrogen-bond donors (Lipinski definition) is 1. The molecule has 1 aromatic carbocycles. The standard InChI is InChI=1S/C14H21NO3/c1-14(2,3)18-13(16)9-12(15)10-5-7-11(17-4)8-6-10/h5-8,12H,9,15H2,1-4H3/t12-/m0/s1. The van der Waals surface area contributed by atoms with Gasteiger partial charge in [-0.1, -0.05) is 12.1 Å². The molecule has 0 spiro atoms. The highest BCUT2D eigenvalue weighted by Gasteiger charge is 2.19. The first-order valence-electron chi connectivity index (χ1n) is 5.93. The second kappa shape index (κ2) is 5.87. The van der Waals surface area contributed by atoms with Crippen LogP contribution in [0.3, 0.4) is 0 Å². The molecule has 0 saturated heterocycles. The number of nitrogens with two attached hydrogens (primary N) is 1. The minimum atomic E-state index is -0.475. The van der Waals surface area contributed by atoms with Gasteiger partial charge in [-0.25, -0.2) is 0 Å². The molecule has 18 heavy (non-hydrogen) atoms. The fraction of sp³-hybridized carbons (Fsp3) is 0.500. The van der Waals surface area contributed by atoms with E-state index in [0.29, 0.717) is 0 Å². The molecule has 0 radical (unpaired) electrons. The van der Waals surface area contributed by atoms with Gasteiger partial charge in [-0.05, 0) is 38.5 Å². The summed E-state index contributed by atoms with van der Waals surface area (Å²) < 4.78 is 10.3. The van der Waals surface area contributed by atoms with E-state index in [1.54, 1.807) is 7.11 Å². The Hall–Kier alpha value is -1.55.